The Hall–Kier alpha value is -1.75. The molecule has 5 heteroatoms. The molecule has 1 N–H and O–H groups in total. The molecule has 0 radical (unpaired) electrons. The summed E-state index contributed by atoms with van der Waals surface area (Å²) in [6.45, 7) is 0. The minimum absolute atomic E-state index is 0.178. The maximum Gasteiger partial charge on any atom is 0.303 e. The molecular formula is C14H14N2O2S. The molecule has 0 saturated heterocycles. The maximum absolute atomic E-state index is 10.7. The van der Waals surface area contributed by atoms with Gasteiger partial charge in [0.1, 0.15) is 5.01 Å². The molecule has 98 valence electrons. The van der Waals surface area contributed by atoms with Crippen molar-refractivity contribution in [2.45, 2.75) is 31.6 Å². The predicted molar refractivity (Wildman–Crippen MR) is 73.3 cm³/mol. The number of rotatable bonds is 5. The minimum atomic E-state index is -0.749. The number of pyridine rings is 1. The summed E-state index contributed by atoms with van der Waals surface area (Å²) in [7, 11) is 0. The quantitative estimate of drug-likeness (QED) is 0.910. The van der Waals surface area contributed by atoms with Crippen LogP contribution in [0.3, 0.4) is 0 Å². The summed E-state index contributed by atoms with van der Waals surface area (Å²) in [5, 5.41) is 9.80. The van der Waals surface area contributed by atoms with Crippen molar-refractivity contribution in [3.8, 4) is 10.6 Å². The number of hydrogen-bond donors (Lipinski definition) is 1. The van der Waals surface area contributed by atoms with Crippen LogP contribution in [0.4, 0.5) is 0 Å². The van der Waals surface area contributed by atoms with E-state index in [9.17, 15) is 4.79 Å². The van der Waals surface area contributed by atoms with Gasteiger partial charge in [-0.1, -0.05) is 0 Å². The van der Waals surface area contributed by atoms with Crippen molar-refractivity contribution < 1.29 is 9.90 Å². The van der Waals surface area contributed by atoms with E-state index in [0.29, 0.717) is 12.3 Å². The molecular weight excluding hydrogens is 260 g/mol. The number of thiazole rings is 1. The first-order valence-electron chi connectivity index (χ1n) is 6.36. The van der Waals surface area contributed by atoms with Gasteiger partial charge in [0.15, 0.2) is 0 Å². The number of hydrogen-bond acceptors (Lipinski definition) is 4. The van der Waals surface area contributed by atoms with Crippen LogP contribution in [-0.4, -0.2) is 21.0 Å². The highest BCUT2D eigenvalue weighted by atomic mass is 32.1. The normalized spacial score (nSPS) is 14.5. The molecule has 1 aliphatic carbocycles. The summed E-state index contributed by atoms with van der Waals surface area (Å²) in [4.78, 5) is 20.6. The van der Waals surface area contributed by atoms with Crippen LogP contribution in [0.1, 0.15) is 35.8 Å². The third-order valence-electron chi connectivity index (χ3n) is 3.18. The molecule has 0 amide bonds. The third-order valence-corrected chi connectivity index (χ3v) is 4.36. The topological polar surface area (TPSA) is 63.1 Å². The Labute approximate surface area is 115 Å². The number of aromatic nitrogens is 2. The molecule has 1 saturated carbocycles. The summed E-state index contributed by atoms with van der Waals surface area (Å²) < 4.78 is 0. The lowest BCUT2D eigenvalue weighted by Crippen LogP contribution is -1.98. The lowest BCUT2D eigenvalue weighted by atomic mass is 10.2. The first-order chi connectivity index (χ1) is 9.24. The van der Waals surface area contributed by atoms with Crippen molar-refractivity contribution >= 4 is 17.3 Å². The molecule has 2 aromatic rings. The lowest BCUT2D eigenvalue weighted by Gasteiger charge is -1.97. The SMILES string of the molecule is O=C(O)CCc1sc(-c2ccncc2)nc1C1CC1. The molecule has 0 atom stereocenters. The molecule has 4 nitrogen and oxygen atoms in total. The van der Waals surface area contributed by atoms with Crippen molar-refractivity contribution in [3.05, 3.63) is 35.1 Å². The van der Waals surface area contributed by atoms with Crippen molar-refractivity contribution in [2.24, 2.45) is 0 Å². The second kappa shape index (κ2) is 5.09. The highest BCUT2D eigenvalue weighted by Crippen LogP contribution is 2.44. The van der Waals surface area contributed by atoms with Gasteiger partial charge in [0.2, 0.25) is 0 Å². The van der Waals surface area contributed by atoms with E-state index in [1.54, 1.807) is 23.7 Å². The average Bonchev–Trinajstić information content (AvgIpc) is 3.17. The Bertz CT molecular complexity index is 591. The molecule has 0 aromatic carbocycles. The monoisotopic (exact) mass is 274 g/mol. The zero-order chi connectivity index (χ0) is 13.2. The van der Waals surface area contributed by atoms with E-state index in [1.807, 2.05) is 12.1 Å². The first kappa shape index (κ1) is 12.3. The molecule has 1 fully saturated rings. The van der Waals surface area contributed by atoms with Crippen LogP contribution in [0.25, 0.3) is 10.6 Å². The predicted octanol–water partition coefficient (Wildman–Crippen LogP) is 3.10. The molecule has 0 spiro atoms. The van der Waals surface area contributed by atoms with Crippen LogP contribution in [0.5, 0.6) is 0 Å². The number of carboxylic acids is 1. The van der Waals surface area contributed by atoms with Gasteiger partial charge in [-0.05, 0) is 31.4 Å². The van der Waals surface area contributed by atoms with Gasteiger partial charge in [-0.2, -0.15) is 0 Å². The fourth-order valence-electron chi connectivity index (χ4n) is 2.06. The summed E-state index contributed by atoms with van der Waals surface area (Å²) in [5.41, 5.74) is 2.18. The van der Waals surface area contributed by atoms with Crippen molar-refractivity contribution in [1.82, 2.24) is 9.97 Å². The number of aliphatic carboxylic acids is 1. The molecule has 3 rings (SSSR count). The van der Waals surface area contributed by atoms with Crippen molar-refractivity contribution in [3.63, 3.8) is 0 Å². The Balaban J connectivity index is 1.90. The molecule has 0 unspecified atom stereocenters. The molecule has 0 bridgehead atoms. The van der Waals surface area contributed by atoms with Gasteiger partial charge in [0, 0.05) is 28.8 Å². The first-order valence-corrected chi connectivity index (χ1v) is 7.17. The van der Waals surface area contributed by atoms with E-state index in [4.69, 9.17) is 10.1 Å². The fraction of sp³-hybridized carbons (Fsp3) is 0.357. The smallest absolute Gasteiger partial charge is 0.303 e. The fourth-order valence-corrected chi connectivity index (χ4v) is 3.21. The lowest BCUT2D eigenvalue weighted by molar-refractivity contribution is -0.136. The van der Waals surface area contributed by atoms with E-state index in [0.717, 1.165) is 21.1 Å². The van der Waals surface area contributed by atoms with Gasteiger partial charge in [0.05, 0.1) is 12.1 Å². The Kier molecular flexibility index (Phi) is 3.29. The minimum Gasteiger partial charge on any atom is -0.481 e. The zero-order valence-corrected chi connectivity index (χ0v) is 11.2. The zero-order valence-electron chi connectivity index (χ0n) is 10.4. The van der Waals surface area contributed by atoms with Gasteiger partial charge in [-0.3, -0.25) is 9.78 Å². The van der Waals surface area contributed by atoms with E-state index < -0.39 is 5.97 Å². The number of nitrogens with zero attached hydrogens (tertiary/aromatic N) is 2. The van der Waals surface area contributed by atoms with Gasteiger partial charge < -0.3 is 5.11 Å². The number of carboxylic acid groups (broad SMARTS) is 1. The van der Waals surface area contributed by atoms with Crippen LogP contribution in [0.2, 0.25) is 0 Å². The molecule has 0 aliphatic heterocycles. The number of carbonyl (C=O) groups is 1. The average molecular weight is 274 g/mol. The van der Waals surface area contributed by atoms with E-state index in [1.165, 1.54) is 12.8 Å². The third kappa shape index (κ3) is 2.81. The van der Waals surface area contributed by atoms with Gasteiger partial charge >= 0.3 is 5.97 Å². The second-order valence-electron chi connectivity index (χ2n) is 4.73. The molecule has 1 aliphatic rings. The molecule has 2 aromatic heterocycles. The van der Waals surface area contributed by atoms with E-state index >= 15 is 0 Å². The van der Waals surface area contributed by atoms with E-state index in [-0.39, 0.29) is 6.42 Å². The van der Waals surface area contributed by atoms with Crippen LogP contribution < -0.4 is 0 Å². The Morgan fingerprint density at radius 1 is 1.37 bits per heavy atom. The summed E-state index contributed by atoms with van der Waals surface area (Å²) in [5.74, 6) is -0.198. The Morgan fingerprint density at radius 3 is 2.74 bits per heavy atom. The van der Waals surface area contributed by atoms with Crippen LogP contribution in [-0.2, 0) is 11.2 Å². The van der Waals surface area contributed by atoms with E-state index in [2.05, 4.69) is 4.98 Å². The summed E-state index contributed by atoms with van der Waals surface area (Å²) in [6, 6.07) is 3.88. The van der Waals surface area contributed by atoms with Crippen molar-refractivity contribution in [1.29, 1.82) is 0 Å². The van der Waals surface area contributed by atoms with Crippen LogP contribution in [0.15, 0.2) is 24.5 Å². The molecule has 19 heavy (non-hydrogen) atoms. The van der Waals surface area contributed by atoms with Gasteiger partial charge in [-0.25, -0.2) is 4.98 Å². The maximum atomic E-state index is 10.7. The number of aryl methyl sites for hydroxylation is 1. The Morgan fingerprint density at radius 2 is 2.11 bits per heavy atom. The highest BCUT2D eigenvalue weighted by molar-refractivity contribution is 7.15. The summed E-state index contributed by atoms with van der Waals surface area (Å²) >= 11 is 1.62. The standard InChI is InChI=1S/C14H14N2O2S/c17-12(18)4-3-11-13(9-1-2-9)16-14(19-11)10-5-7-15-8-6-10/h5-9H,1-4H2,(H,17,18). The second-order valence-corrected chi connectivity index (χ2v) is 5.81. The summed E-state index contributed by atoms with van der Waals surface area (Å²) in [6.07, 6.45) is 6.63. The largest absolute Gasteiger partial charge is 0.481 e. The van der Waals surface area contributed by atoms with Gasteiger partial charge in [0.25, 0.3) is 0 Å². The van der Waals surface area contributed by atoms with Crippen LogP contribution in [0, 0.1) is 0 Å². The highest BCUT2D eigenvalue weighted by Gasteiger charge is 2.29. The molecule has 2 heterocycles. The van der Waals surface area contributed by atoms with Crippen LogP contribution >= 0.6 is 11.3 Å². The van der Waals surface area contributed by atoms with Gasteiger partial charge in [-0.15, -0.1) is 11.3 Å². The van der Waals surface area contributed by atoms with Crippen molar-refractivity contribution in [2.75, 3.05) is 0 Å².